The van der Waals surface area contributed by atoms with Crippen LogP contribution < -0.4 is 29.1 Å². The molecule has 37 heavy (non-hydrogen) atoms. The largest absolute Gasteiger partial charge is 0.497 e. The van der Waals surface area contributed by atoms with Gasteiger partial charge >= 0.3 is 5.97 Å². The molecule has 0 saturated heterocycles. The van der Waals surface area contributed by atoms with Gasteiger partial charge < -0.3 is 18.9 Å². The van der Waals surface area contributed by atoms with E-state index in [0.29, 0.717) is 49.8 Å². The van der Waals surface area contributed by atoms with E-state index in [1.165, 1.54) is 11.3 Å². The summed E-state index contributed by atoms with van der Waals surface area (Å²) in [4.78, 5) is 32.6. The van der Waals surface area contributed by atoms with Crippen molar-refractivity contribution in [1.82, 2.24) is 4.57 Å². The lowest BCUT2D eigenvalue weighted by Crippen LogP contribution is -2.40. The average molecular weight is 523 g/mol. The number of nitrogens with zero attached hydrogens (tertiary/aromatic N) is 2. The number of hydrogen-bond donors (Lipinski definition) is 0. The zero-order chi connectivity index (χ0) is 26.5. The highest BCUT2D eigenvalue weighted by Crippen LogP contribution is 2.38. The quantitative estimate of drug-likeness (QED) is 0.399. The van der Waals surface area contributed by atoms with Crippen LogP contribution in [0.5, 0.6) is 17.2 Å². The molecule has 1 atom stereocenters. The number of ether oxygens (including phenoxy) is 4. The van der Waals surface area contributed by atoms with Gasteiger partial charge in [0.15, 0.2) is 4.80 Å². The Kier molecular flexibility index (Phi) is 8.13. The monoisotopic (exact) mass is 522 g/mol. The van der Waals surface area contributed by atoms with E-state index >= 15 is 0 Å². The molecule has 1 aliphatic heterocycles. The minimum atomic E-state index is -0.797. The molecule has 3 aromatic rings. The fraction of sp³-hybridized carbons (Fsp3) is 0.321. The molecule has 4 rings (SSSR count). The van der Waals surface area contributed by atoms with Crippen LogP contribution in [0.15, 0.2) is 63.5 Å². The maximum Gasteiger partial charge on any atom is 0.338 e. The number of carbonyl (C=O) groups excluding carboxylic acids is 1. The van der Waals surface area contributed by atoms with Crippen LogP contribution in [0.2, 0.25) is 0 Å². The molecule has 1 aromatic heterocycles. The molecule has 0 unspecified atom stereocenters. The summed E-state index contributed by atoms with van der Waals surface area (Å²) in [5.41, 5.74) is 2.10. The minimum Gasteiger partial charge on any atom is -0.497 e. The van der Waals surface area contributed by atoms with Gasteiger partial charge in [0.1, 0.15) is 23.3 Å². The van der Waals surface area contributed by atoms with E-state index in [1.54, 1.807) is 57.1 Å². The van der Waals surface area contributed by atoms with Gasteiger partial charge in [0.25, 0.3) is 5.56 Å². The molecule has 194 valence electrons. The molecule has 1 aliphatic rings. The molecular formula is C28H30N2O6S. The fourth-order valence-corrected chi connectivity index (χ4v) is 5.37. The number of fused-ring (bicyclic) bond motifs is 1. The molecular weight excluding hydrogens is 492 g/mol. The second-order valence-corrected chi connectivity index (χ2v) is 9.31. The van der Waals surface area contributed by atoms with Crippen molar-refractivity contribution in [3.05, 3.63) is 84.5 Å². The third-order valence-corrected chi connectivity index (χ3v) is 7.00. The molecule has 2 heterocycles. The smallest absolute Gasteiger partial charge is 0.338 e. The first-order chi connectivity index (χ1) is 17.9. The van der Waals surface area contributed by atoms with Crippen molar-refractivity contribution < 1.29 is 23.7 Å². The standard InChI is InChI=1S/C28H30N2O6S/c1-6-9-21-24(27(32)36-7-2)25(20-16-19(34-4)12-13-22(20)35-5)30-26(31)23(37-28(30)29-21)15-17-10-8-11-18(14-17)33-3/h8,10-16,25H,6-7,9H2,1-5H3/b23-15+/t25-/m0/s1. The second kappa shape index (κ2) is 11.5. The second-order valence-electron chi connectivity index (χ2n) is 8.30. The molecule has 2 aromatic carbocycles. The summed E-state index contributed by atoms with van der Waals surface area (Å²) >= 11 is 1.28. The number of allylic oxidation sites excluding steroid dienone is 1. The molecule has 8 nitrogen and oxygen atoms in total. The number of hydrogen-bond acceptors (Lipinski definition) is 8. The van der Waals surface area contributed by atoms with E-state index in [2.05, 4.69) is 0 Å². The summed E-state index contributed by atoms with van der Waals surface area (Å²) in [6.45, 7) is 3.97. The van der Waals surface area contributed by atoms with E-state index < -0.39 is 12.0 Å². The minimum absolute atomic E-state index is 0.198. The Labute approximate surface area is 219 Å². The predicted octanol–water partition coefficient (Wildman–Crippen LogP) is 3.60. The van der Waals surface area contributed by atoms with Crippen molar-refractivity contribution in [1.29, 1.82) is 0 Å². The molecule has 0 radical (unpaired) electrons. The van der Waals surface area contributed by atoms with Gasteiger partial charge in [-0.1, -0.05) is 36.8 Å². The van der Waals surface area contributed by atoms with Crippen molar-refractivity contribution in [2.75, 3.05) is 27.9 Å². The van der Waals surface area contributed by atoms with Crippen molar-refractivity contribution in [2.45, 2.75) is 32.7 Å². The van der Waals surface area contributed by atoms with Gasteiger partial charge in [0, 0.05) is 5.56 Å². The van der Waals surface area contributed by atoms with Gasteiger partial charge in [-0.2, -0.15) is 0 Å². The Balaban J connectivity index is 2.04. The fourth-order valence-electron chi connectivity index (χ4n) is 4.35. The van der Waals surface area contributed by atoms with Crippen molar-refractivity contribution in [2.24, 2.45) is 4.99 Å². The molecule has 0 amide bonds. The van der Waals surface area contributed by atoms with Gasteiger partial charge in [-0.15, -0.1) is 0 Å². The van der Waals surface area contributed by atoms with Gasteiger partial charge in [-0.05, 0) is 55.3 Å². The van der Waals surface area contributed by atoms with Crippen LogP contribution in [0.1, 0.15) is 43.9 Å². The van der Waals surface area contributed by atoms with Gasteiger partial charge in [-0.25, -0.2) is 9.79 Å². The Morgan fingerprint density at radius 2 is 1.81 bits per heavy atom. The summed E-state index contributed by atoms with van der Waals surface area (Å²) in [5, 5.41) is 0. The maximum absolute atomic E-state index is 13.9. The summed E-state index contributed by atoms with van der Waals surface area (Å²) in [7, 11) is 4.72. The lowest BCUT2D eigenvalue weighted by molar-refractivity contribution is -0.139. The highest BCUT2D eigenvalue weighted by Gasteiger charge is 2.36. The molecule has 0 fully saturated rings. The first kappa shape index (κ1) is 26.2. The summed E-state index contributed by atoms with van der Waals surface area (Å²) in [6.07, 6.45) is 3.12. The average Bonchev–Trinajstić information content (AvgIpc) is 3.22. The highest BCUT2D eigenvalue weighted by atomic mass is 32.1. The molecule has 0 aliphatic carbocycles. The Morgan fingerprint density at radius 1 is 1.05 bits per heavy atom. The number of aromatic nitrogens is 1. The van der Waals surface area contributed by atoms with Crippen LogP contribution in [-0.2, 0) is 9.53 Å². The highest BCUT2D eigenvalue weighted by molar-refractivity contribution is 7.07. The van der Waals surface area contributed by atoms with Crippen LogP contribution in [0.4, 0.5) is 0 Å². The van der Waals surface area contributed by atoms with Crippen LogP contribution in [0, 0.1) is 0 Å². The van der Waals surface area contributed by atoms with Crippen molar-refractivity contribution in [3.8, 4) is 17.2 Å². The lowest BCUT2D eigenvalue weighted by Gasteiger charge is -2.27. The summed E-state index contributed by atoms with van der Waals surface area (Å²) in [6, 6.07) is 12.0. The molecule has 0 bridgehead atoms. The third-order valence-electron chi connectivity index (χ3n) is 6.02. The zero-order valence-corrected chi connectivity index (χ0v) is 22.4. The third kappa shape index (κ3) is 5.17. The topological polar surface area (TPSA) is 88.4 Å². The van der Waals surface area contributed by atoms with Crippen LogP contribution in [0.3, 0.4) is 0 Å². The number of methoxy groups -OCH3 is 3. The van der Waals surface area contributed by atoms with Crippen LogP contribution >= 0.6 is 11.3 Å². The van der Waals surface area contributed by atoms with Gasteiger partial charge in [0.2, 0.25) is 0 Å². The Hall–Kier alpha value is -3.85. The molecule has 9 heteroatoms. The number of thiazole rings is 1. The summed E-state index contributed by atoms with van der Waals surface area (Å²) in [5.74, 6) is 1.28. The lowest BCUT2D eigenvalue weighted by atomic mass is 9.93. The van der Waals surface area contributed by atoms with E-state index in [4.69, 9.17) is 23.9 Å². The van der Waals surface area contributed by atoms with Crippen molar-refractivity contribution in [3.63, 3.8) is 0 Å². The SMILES string of the molecule is CCCC1=C(C(=O)OCC)[C@H](c2cc(OC)ccc2OC)n2c(s/c(=C/c3cccc(OC)c3)c2=O)=N1. The first-order valence-electron chi connectivity index (χ1n) is 12.0. The van der Waals surface area contributed by atoms with Gasteiger partial charge in [-0.3, -0.25) is 9.36 Å². The number of rotatable bonds is 9. The van der Waals surface area contributed by atoms with Gasteiger partial charge in [0.05, 0.1) is 43.7 Å². The molecule has 0 N–H and O–H groups in total. The van der Waals surface area contributed by atoms with E-state index in [-0.39, 0.29) is 12.2 Å². The van der Waals surface area contributed by atoms with Crippen molar-refractivity contribution >= 4 is 23.4 Å². The number of carbonyl (C=O) groups is 1. The zero-order valence-electron chi connectivity index (χ0n) is 21.6. The summed E-state index contributed by atoms with van der Waals surface area (Å²) < 4.78 is 24.0. The maximum atomic E-state index is 13.9. The van der Waals surface area contributed by atoms with Crippen LogP contribution in [-0.4, -0.2) is 38.5 Å². The Morgan fingerprint density at radius 3 is 2.49 bits per heavy atom. The van der Waals surface area contributed by atoms with E-state index in [1.807, 2.05) is 31.2 Å². The number of esters is 1. The first-order valence-corrected chi connectivity index (χ1v) is 12.8. The predicted molar refractivity (Wildman–Crippen MR) is 142 cm³/mol. The van der Waals surface area contributed by atoms with E-state index in [0.717, 1.165) is 12.0 Å². The van der Waals surface area contributed by atoms with E-state index in [9.17, 15) is 9.59 Å². The Bertz CT molecular complexity index is 1520. The molecule has 0 saturated carbocycles. The number of benzene rings is 2. The van der Waals surface area contributed by atoms with Crippen LogP contribution in [0.25, 0.3) is 6.08 Å². The normalized spacial score (nSPS) is 15.2. The molecule has 0 spiro atoms.